The number of aromatic nitrogens is 4. The molecule has 0 saturated carbocycles. The number of nitrogens with one attached hydrogen (secondary N) is 1. The molecule has 144 valence electrons. The van der Waals surface area contributed by atoms with Crippen molar-refractivity contribution in [3.8, 4) is 11.6 Å². The summed E-state index contributed by atoms with van der Waals surface area (Å²) in [4.78, 5) is 16.6. The van der Waals surface area contributed by atoms with Gasteiger partial charge in [0.2, 0.25) is 5.88 Å². The predicted molar refractivity (Wildman–Crippen MR) is 101 cm³/mol. The summed E-state index contributed by atoms with van der Waals surface area (Å²) in [6.45, 7) is 3.57. The molecule has 3 heterocycles. The summed E-state index contributed by atoms with van der Waals surface area (Å²) in [6, 6.07) is 11.4. The highest BCUT2D eigenvalue weighted by atomic mass is 16.5. The van der Waals surface area contributed by atoms with E-state index in [9.17, 15) is 4.79 Å². The minimum Gasteiger partial charge on any atom is -0.472 e. The van der Waals surface area contributed by atoms with Gasteiger partial charge in [-0.2, -0.15) is 0 Å². The number of ether oxygens (including phenoxy) is 2. The molecule has 0 aliphatic carbocycles. The van der Waals surface area contributed by atoms with Crippen LogP contribution >= 0.6 is 0 Å². The van der Waals surface area contributed by atoms with E-state index in [1.165, 1.54) is 11.8 Å². The van der Waals surface area contributed by atoms with Gasteiger partial charge in [-0.1, -0.05) is 17.7 Å². The Morgan fingerprint density at radius 2 is 2.14 bits per heavy atom. The van der Waals surface area contributed by atoms with E-state index >= 15 is 0 Å². The van der Waals surface area contributed by atoms with Crippen LogP contribution in [0.2, 0.25) is 0 Å². The monoisotopic (exact) mass is 379 g/mol. The molecule has 1 unspecified atom stereocenters. The maximum absolute atomic E-state index is 12.4. The van der Waals surface area contributed by atoms with Crippen LogP contribution < -0.4 is 10.1 Å². The van der Waals surface area contributed by atoms with Crippen LogP contribution in [0, 0.1) is 6.92 Å². The fourth-order valence-corrected chi connectivity index (χ4v) is 2.92. The molecule has 1 saturated heterocycles. The van der Waals surface area contributed by atoms with Crippen molar-refractivity contribution in [3.05, 3.63) is 65.9 Å². The zero-order valence-corrected chi connectivity index (χ0v) is 15.5. The number of nitrogens with zero attached hydrogens (tertiary/aromatic N) is 4. The minimum atomic E-state index is -0.235. The van der Waals surface area contributed by atoms with Gasteiger partial charge in [0.05, 0.1) is 25.3 Å². The van der Waals surface area contributed by atoms with E-state index in [0.29, 0.717) is 30.5 Å². The zero-order chi connectivity index (χ0) is 19.3. The second kappa shape index (κ2) is 8.18. The van der Waals surface area contributed by atoms with Gasteiger partial charge < -0.3 is 14.8 Å². The molecule has 1 aliphatic rings. The van der Waals surface area contributed by atoms with Crippen molar-refractivity contribution >= 4 is 5.91 Å². The van der Waals surface area contributed by atoms with Crippen molar-refractivity contribution < 1.29 is 14.3 Å². The Balaban J connectivity index is 1.37. The van der Waals surface area contributed by atoms with Crippen LogP contribution in [0.3, 0.4) is 0 Å². The normalized spacial score (nSPS) is 16.1. The van der Waals surface area contributed by atoms with Crippen LogP contribution in [-0.2, 0) is 11.3 Å². The fourth-order valence-electron chi connectivity index (χ4n) is 2.92. The molecular formula is C20H21N5O3. The van der Waals surface area contributed by atoms with Gasteiger partial charge in [-0.15, -0.1) is 10.2 Å². The van der Waals surface area contributed by atoms with Crippen LogP contribution in [0.4, 0.5) is 0 Å². The van der Waals surface area contributed by atoms with Crippen molar-refractivity contribution in [2.45, 2.75) is 26.0 Å². The lowest BCUT2D eigenvalue weighted by Gasteiger charge is -2.11. The Bertz CT molecular complexity index is 931. The van der Waals surface area contributed by atoms with Gasteiger partial charge in [0.25, 0.3) is 5.91 Å². The van der Waals surface area contributed by atoms with E-state index in [0.717, 1.165) is 12.1 Å². The number of aryl methyl sites for hydroxylation is 1. The summed E-state index contributed by atoms with van der Waals surface area (Å²) in [7, 11) is 0. The average molecular weight is 379 g/mol. The maximum Gasteiger partial charge on any atom is 0.253 e. The van der Waals surface area contributed by atoms with Gasteiger partial charge in [0.1, 0.15) is 12.4 Å². The number of amides is 1. The fraction of sp³-hybridized carbons (Fsp3) is 0.300. The number of pyridine rings is 1. The van der Waals surface area contributed by atoms with Crippen molar-refractivity contribution in [2.75, 3.05) is 13.2 Å². The van der Waals surface area contributed by atoms with Gasteiger partial charge in [-0.25, -0.2) is 4.98 Å². The van der Waals surface area contributed by atoms with E-state index in [1.807, 2.05) is 35.8 Å². The van der Waals surface area contributed by atoms with E-state index in [4.69, 9.17) is 9.47 Å². The first-order chi connectivity index (χ1) is 13.7. The Hall–Kier alpha value is -3.26. The number of hydrogen-bond donors (Lipinski definition) is 1. The lowest BCUT2D eigenvalue weighted by molar-refractivity contribution is 0.0949. The van der Waals surface area contributed by atoms with E-state index in [2.05, 4.69) is 20.5 Å². The molecule has 3 aromatic rings. The van der Waals surface area contributed by atoms with E-state index in [1.54, 1.807) is 18.5 Å². The van der Waals surface area contributed by atoms with Crippen molar-refractivity contribution in [1.82, 2.24) is 25.1 Å². The zero-order valence-electron chi connectivity index (χ0n) is 15.5. The highest BCUT2D eigenvalue weighted by molar-refractivity contribution is 5.93. The predicted octanol–water partition coefficient (Wildman–Crippen LogP) is 2.07. The molecule has 28 heavy (non-hydrogen) atoms. The molecule has 8 heteroatoms. The van der Waals surface area contributed by atoms with Gasteiger partial charge in [0.15, 0.2) is 5.82 Å². The standard InChI is InChI=1S/C20H21N5O3/c1-14-2-5-16(6-3-14)25-13-23-24-18(25)11-22-20(26)15-4-7-19(21-10-15)28-17-8-9-27-12-17/h2-7,10,13,17H,8-9,11-12H2,1H3,(H,22,26). The quantitative estimate of drug-likeness (QED) is 0.705. The first-order valence-electron chi connectivity index (χ1n) is 9.13. The first kappa shape index (κ1) is 18.1. The lowest BCUT2D eigenvalue weighted by atomic mass is 10.2. The molecule has 1 aliphatic heterocycles. The molecule has 8 nitrogen and oxygen atoms in total. The number of hydrogen-bond acceptors (Lipinski definition) is 6. The summed E-state index contributed by atoms with van der Waals surface area (Å²) in [5, 5.41) is 10.9. The summed E-state index contributed by atoms with van der Waals surface area (Å²) in [5.74, 6) is 0.902. The maximum atomic E-state index is 12.4. The molecule has 2 aromatic heterocycles. The van der Waals surface area contributed by atoms with Crippen molar-refractivity contribution in [3.63, 3.8) is 0 Å². The molecule has 1 aromatic carbocycles. The lowest BCUT2D eigenvalue weighted by Crippen LogP contribution is -2.24. The second-order valence-electron chi connectivity index (χ2n) is 6.62. The molecular weight excluding hydrogens is 358 g/mol. The topological polar surface area (TPSA) is 91.2 Å². The molecule has 1 N–H and O–H groups in total. The van der Waals surface area contributed by atoms with E-state index in [-0.39, 0.29) is 18.6 Å². The molecule has 1 fully saturated rings. The van der Waals surface area contributed by atoms with Crippen molar-refractivity contribution in [1.29, 1.82) is 0 Å². The summed E-state index contributed by atoms with van der Waals surface area (Å²) in [5.41, 5.74) is 2.57. The number of benzene rings is 1. The molecule has 4 rings (SSSR count). The Morgan fingerprint density at radius 1 is 1.29 bits per heavy atom. The summed E-state index contributed by atoms with van der Waals surface area (Å²) >= 11 is 0. The third-order valence-electron chi connectivity index (χ3n) is 4.51. The van der Waals surface area contributed by atoms with Crippen LogP contribution in [0.1, 0.15) is 28.2 Å². The number of carbonyl (C=O) groups excluding carboxylic acids is 1. The summed E-state index contributed by atoms with van der Waals surface area (Å²) < 4.78 is 12.8. The van der Waals surface area contributed by atoms with Gasteiger partial charge in [-0.05, 0) is 25.1 Å². The Labute approximate surface area is 162 Å². The molecule has 0 bridgehead atoms. The molecule has 0 spiro atoms. The third kappa shape index (κ3) is 4.17. The number of rotatable bonds is 6. The molecule has 0 radical (unpaired) electrons. The average Bonchev–Trinajstić information content (AvgIpc) is 3.39. The van der Waals surface area contributed by atoms with Crippen LogP contribution in [-0.4, -0.2) is 45.0 Å². The Morgan fingerprint density at radius 3 is 2.86 bits per heavy atom. The highest BCUT2D eigenvalue weighted by Gasteiger charge is 2.18. The van der Waals surface area contributed by atoms with Crippen LogP contribution in [0.15, 0.2) is 48.9 Å². The largest absolute Gasteiger partial charge is 0.472 e. The van der Waals surface area contributed by atoms with Crippen LogP contribution in [0.5, 0.6) is 5.88 Å². The van der Waals surface area contributed by atoms with Crippen molar-refractivity contribution in [2.24, 2.45) is 0 Å². The summed E-state index contributed by atoms with van der Waals surface area (Å²) in [6.07, 6.45) is 4.02. The van der Waals surface area contributed by atoms with E-state index < -0.39 is 0 Å². The third-order valence-corrected chi connectivity index (χ3v) is 4.51. The van der Waals surface area contributed by atoms with Gasteiger partial charge in [0, 0.05) is 24.4 Å². The molecule has 1 amide bonds. The second-order valence-corrected chi connectivity index (χ2v) is 6.62. The van der Waals surface area contributed by atoms with Gasteiger partial charge in [-0.3, -0.25) is 9.36 Å². The first-order valence-corrected chi connectivity index (χ1v) is 9.13. The van der Waals surface area contributed by atoms with Crippen LogP contribution in [0.25, 0.3) is 5.69 Å². The Kier molecular flexibility index (Phi) is 5.29. The minimum absolute atomic E-state index is 0.0281. The highest BCUT2D eigenvalue weighted by Crippen LogP contribution is 2.15. The van der Waals surface area contributed by atoms with Gasteiger partial charge >= 0.3 is 0 Å². The molecule has 1 atom stereocenters. The smallest absolute Gasteiger partial charge is 0.253 e. The SMILES string of the molecule is Cc1ccc(-n2cnnc2CNC(=O)c2ccc(OC3CCOC3)nc2)cc1. The number of carbonyl (C=O) groups is 1.